The highest BCUT2D eigenvalue weighted by atomic mass is 16.3. The normalized spacial score (nSPS) is 10.7. The predicted octanol–water partition coefficient (Wildman–Crippen LogP) is 0.657. The highest BCUT2D eigenvalue weighted by Crippen LogP contribution is 2.16. The summed E-state index contributed by atoms with van der Waals surface area (Å²) in [4.78, 5) is 26.0. The van der Waals surface area contributed by atoms with Gasteiger partial charge in [0.15, 0.2) is 17.2 Å². The second-order valence-corrected chi connectivity index (χ2v) is 3.81. The fourth-order valence-corrected chi connectivity index (χ4v) is 1.67. The molecule has 0 aliphatic carbocycles. The van der Waals surface area contributed by atoms with Gasteiger partial charge in [-0.25, -0.2) is 15.0 Å². The highest BCUT2D eigenvalue weighted by molar-refractivity contribution is 5.89. The van der Waals surface area contributed by atoms with E-state index in [-0.39, 0.29) is 5.76 Å². The van der Waals surface area contributed by atoms with Crippen LogP contribution in [0.15, 0.2) is 29.2 Å². The zero-order valence-corrected chi connectivity index (χ0v) is 9.75. The Labute approximate surface area is 107 Å². The van der Waals surface area contributed by atoms with E-state index in [2.05, 4.69) is 25.3 Å². The minimum Gasteiger partial charge on any atom is -0.454 e. The Morgan fingerprint density at radius 3 is 3.05 bits per heavy atom. The number of aromatic amines is 1. The van der Waals surface area contributed by atoms with Crippen molar-refractivity contribution in [3.05, 3.63) is 36.3 Å². The Morgan fingerprint density at radius 2 is 2.26 bits per heavy atom. The number of H-pyrrole nitrogens is 1. The number of rotatable bonds is 4. The molecule has 96 valence electrons. The van der Waals surface area contributed by atoms with Gasteiger partial charge in [0, 0.05) is 0 Å². The number of fused-ring (bicyclic) bond motifs is 1. The molecule has 4 N–H and O–H groups in total. The van der Waals surface area contributed by atoms with Gasteiger partial charge >= 0.3 is 0 Å². The molecular weight excluding hydrogens is 248 g/mol. The third-order valence-electron chi connectivity index (χ3n) is 2.55. The number of amides is 1. The van der Waals surface area contributed by atoms with Gasteiger partial charge in [-0.1, -0.05) is 0 Å². The van der Waals surface area contributed by atoms with E-state index in [0.29, 0.717) is 29.3 Å². The average molecular weight is 258 g/mol. The third-order valence-corrected chi connectivity index (χ3v) is 2.55. The minimum absolute atomic E-state index is 0.129. The van der Waals surface area contributed by atoms with Crippen molar-refractivity contribution in [2.75, 3.05) is 5.32 Å². The number of imidazole rings is 1. The molecule has 0 saturated carbocycles. The summed E-state index contributed by atoms with van der Waals surface area (Å²) in [5, 5.41) is 3.06. The molecule has 0 saturated heterocycles. The van der Waals surface area contributed by atoms with E-state index in [1.54, 1.807) is 12.4 Å². The van der Waals surface area contributed by atoms with Crippen LogP contribution in [0.2, 0.25) is 0 Å². The van der Waals surface area contributed by atoms with Crippen LogP contribution in [0.25, 0.3) is 11.2 Å². The number of anilines is 1. The van der Waals surface area contributed by atoms with Crippen molar-refractivity contribution in [1.82, 2.24) is 19.9 Å². The number of hydrogen-bond donors (Lipinski definition) is 3. The third kappa shape index (κ3) is 2.10. The standard InChI is InChI=1S/C11H10N6O2/c12-9(18)7-2-1-6(19-7)3-13-10-8-11(15-4-14-8)17-5-16-10/h1-2,4-5H,3H2,(H2,12,18)(H2,13,14,15,16,17). The molecular formula is C11H10N6O2. The van der Waals surface area contributed by atoms with Crippen molar-refractivity contribution in [2.24, 2.45) is 5.73 Å². The summed E-state index contributed by atoms with van der Waals surface area (Å²) in [7, 11) is 0. The number of hydrogen-bond acceptors (Lipinski definition) is 6. The molecule has 3 aromatic heterocycles. The first-order chi connectivity index (χ1) is 9.24. The van der Waals surface area contributed by atoms with Gasteiger partial charge < -0.3 is 20.5 Å². The van der Waals surface area contributed by atoms with Crippen LogP contribution in [0.1, 0.15) is 16.3 Å². The number of nitrogens with zero attached hydrogens (tertiary/aromatic N) is 3. The monoisotopic (exact) mass is 258 g/mol. The van der Waals surface area contributed by atoms with Gasteiger partial charge in [-0.3, -0.25) is 4.79 Å². The first-order valence-electron chi connectivity index (χ1n) is 5.50. The largest absolute Gasteiger partial charge is 0.454 e. The van der Waals surface area contributed by atoms with Crippen LogP contribution in [-0.2, 0) is 6.54 Å². The molecule has 8 nitrogen and oxygen atoms in total. The maximum Gasteiger partial charge on any atom is 0.284 e. The summed E-state index contributed by atoms with van der Waals surface area (Å²) in [6, 6.07) is 3.21. The van der Waals surface area contributed by atoms with Crippen LogP contribution in [0.4, 0.5) is 5.82 Å². The van der Waals surface area contributed by atoms with E-state index < -0.39 is 5.91 Å². The van der Waals surface area contributed by atoms with Crippen molar-refractivity contribution < 1.29 is 9.21 Å². The molecule has 19 heavy (non-hydrogen) atoms. The molecule has 0 aliphatic rings. The molecule has 0 unspecified atom stereocenters. The molecule has 0 spiro atoms. The first kappa shape index (κ1) is 11.2. The summed E-state index contributed by atoms with van der Waals surface area (Å²) in [6.07, 6.45) is 2.97. The summed E-state index contributed by atoms with van der Waals surface area (Å²) in [5.74, 6) is 0.701. The van der Waals surface area contributed by atoms with Crippen LogP contribution < -0.4 is 11.1 Å². The van der Waals surface area contributed by atoms with Gasteiger partial charge in [0.1, 0.15) is 17.6 Å². The Bertz CT molecular complexity index is 731. The zero-order chi connectivity index (χ0) is 13.2. The number of furan rings is 1. The molecule has 3 rings (SSSR count). The molecule has 1 amide bonds. The quantitative estimate of drug-likeness (QED) is 0.631. The maximum atomic E-state index is 10.9. The smallest absolute Gasteiger partial charge is 0.284 e. The number of primary amides is 1. The summed E-state index contributed by atoms with van der Waals surface area (Å²) in [5.41, 5.74) is 6.40. The minimum atomic E-state index is -0.594. The summed E-state index contributed by atoms with van der Waals surface area (Å²) >= 11 is 0. The first-order valence-corrected chi connectivity index (χ1v) is 5.50. The van der Waals surface area contributed by atoms with Gasteiger partial charge in [0.05, 0.1) is 12.9 Å². The molecule has 0 bridgehead atoms. The number of aromatic nitrogens is 4. The van der Waals surface area contributed by atoms with Gasteiger partial charge in [-0.05, 0) is 12.1 Å². The molecule has 0 aromatic carbocycles. The lowest BCUT2D eigenvalue weighted by molar-refractivity contribution is 0.0972. The molecule has 0 radical (unpaired) electrons. The van der Waals surface area contributed by atoms with Gasteiger partial charge in [-0.2, -0.15) is 0 Å². The van der Waals surface area contributed by atoms with Crippen LogP contribution >= 0.6 is 0 Å². The topological polar surface area (TPSA) is 123 Å². The molecule has 0 atom stereocenters. The van der Waals surface area contributed by atoms with Gasteiger partial charge in [0.25, 0.3) is 5.91 Å². The summed E-state index contributed by atoms with van der Waals surface area (Å²) in [6.45, 7) is 0.367. The maximum absolute atomic E-state index is 10.9. The van der Waals surface area contributed by atoms with Crippen LogP contribution in [0.5, 0.6) is 0 Å². The van der Waals surface area contributed by atoms with E-state index in [1.165, 1.54) is 12.4 Å². The number of nitrogens with one attached hydrogen (secondary N) is 2. The lowest BCUT2D eigenvalue weighted by atomic mass is 10.4. The summed E-state index contributed by atoms with van der Waals surface area (Å²) < 4.78 is 5.25. The fourth-order valence-electron chi connectivity index (χ4n) is 1.67. The predicted molar refractivity (Wildman–Crippen MR) is 66.2 cm³/mol. The fraction of sp³-hybridized carbons (Fsp3) is 0.0909. The lowest BCUT2D eigenvalue weighted by Gasteiger charge is -2.03. The van der Waals surface area contributed by atoms with E-state index in [1.807, 2.05) is 0 Å². The van der Waals surface area contributed by atoms with Crippen molar-refractivity contribution in [1.29, 1.82) is 0 Å². The van der Waals surface area contributed by atoms with E-state index >= 15 is 0 Å². The Balaban J connectivity index is 1.78. The zero-order valence-electron chi connectivity index (χ0n) is 9.75. The van der Waals surface area contributed by atoms with Crippen molar-refractivity contribution >= 4 is 22.9 Å². The Kier molecular flexibility index (Phi) is 2.60. The molecule has 3 aromatic rings. The Morgan fingerprint density at radius 1 is 1.37 bits per heavy atom. The van der Waals surface area contributed by atoms with Crippen molar-refractivity contribution in [3.8, 4) is 0 Å². The average Bonchev–Trinajstić information content (AvgIpc) is 3.05. The van der Waals surface area contributed by atoms with Crippen LogP contribution in [-0.4, -0.2) is 25.8 Å². The number of nitrogens with two attached hydrogens (primary N) is 1. The molecule has 8 heteroatoms. The number of carbonyl (C=O) groups excluding carboxylic acids is 1. The lowest BCUT2D eigenvalue weighted by Crippen LogP contribution is -2.09. The molecule has 3 heterocycles. The van der Waals surface area contributed by atoms with Crippen molar-refractivity contribution in [2.45, 2.75) is 6.54 Å². The number of carbonyl (C=O) groups is 1. The van der Waals surface area contributed by atoms with Crippen molar-refractivity contribution in [3.63, 3.8) is 0 Å². The molecule has 0 aliphatic heterocycles. The second kappa shape index (κ2) is 4.41. The van der Waals surface area contributed by atoms with Gasteiger partial charge in [0.2, 0.25) is 0 Å². The van der Waals surface area contributed by atoms with E-state index in [9.17, 15) is 4.79 Å². The van der Waals surface area contributed by atoms with Gasteiger partial charge in [-0.15, -0.1) is 0 Å². The molecule has 0 fully saturated rings. The van der Waals surface area contributed by atoms with Crippen LogP contribution in [0, 0.1) is 0 Å². The van der Waals surface area contributed by atoms with Crippen LogP contribution in [0.3, 0.4) is 0 Å². The van der Waals surface area contributed by atoms with E-state index in [4.69, 9.17) is 10.2 Å². The SMILES string of the molecule is NC(=O)c1ccc(CNc2ncnc3[nH]cnc23)o1. The second-order valence-electron chi connectivity index (χ2n) is 3.81. The highest BCUT2D eigenvalue weighted by Gasteiger charge is 2.09. The Hall–Kier alpha value is -2.90. The van der Waals surface area contributed by atoms with E-state index in [0.717, 1.165) is 0 Å².